The number of ketones is 1. The number of Topliss-reactive ketones (excluding diaryl/α,β-unsaturated/α-hetero) is 1. The number of nitro benzene ring substituents is 1. The van der Waals surface area contributed by atoms with E-state index in [0.29, 0.717) is 17.7 Å². The minimum absolute atomic E-state index is 0.0556. The van der Waals surface area contributed by atoms with Crippen molar-refractivity contribution in [3.05, 3.63) is 68.8 Å². The molecule has 0 saturated carbocycles. The molecule has 1 amide bonds. The summed E-state index contributed by atoms with van der Waals surface area (Å²) >= 11 is 0. The van der Waals surface area contributed by atoms with Gasteiger partial charge >= 0.3 is 5.97 Å². The second-order valence-electron chi connectivity index (χ2n) is 6.73. The van der Waals surface area contributed by atoms with Gasteiger partial charge in [-0.1, -0.05) is 12.1 Å². The first-order valence-corrected chi connectivity index (χ1v) is 9.59. The van der Waals surface area contributed by atoms with Gasteiger partial charge in [0.15, 0.2) is 0 Å². The van der Waals surface area contributed by atoms with E-state index in [9.17, 15) is 29.6 Å². The Labute approximate surface area is 188 Å². The van der Waals surface area contributed by atoms with Crippen molar-refractivity contribution < 1.29 is 29.2 Å². The smallest absolute Gasteiger partial charge is 0.374 e. The summed E-state index contributed by atoms with van der Waals surface area (Å²) in [4.78, 5) is 43.9. The fourth-order valence-electron chi connectivity index (χ4n) is 2.87. The summed E-state index contributed by atoms with van der Waals surface area (Å²) in [5.74, 6) is -2.30. The van der Waals surface area contributed by atoms with Crippen molar-refractivity contribution in [1.29, 1.82) is 10.5 Å². The topological polar surface area (TPSA) is 183 Å². The molecule has 2 aromatic rings. The molecule has 1 heterocycles. The number of nitrogens with one attached hydrogen (secondary N) is 1. The molecule has 0 fully saturated rings. The van der Waals surface area contributed by atoms with Crippen LogP contribution in [0.4, 0.5) is 11.4 Å². The molecule has 2 aromatic carbocycles. The maximum Gasteiger partial charge on any atom is 0.374 e. The molecule has 2 N–H and O–H groups in total. The van der Waals surface area contributed by atoms with Gasteiger partial charge in [-0.2, -0.15) is 10.5 Å². The zero-order chi connectivity index (χ0) is 24.5. The first-order chi connectivity index (χ1) is 15.7. The third-order valence-corrected chi connectivity index (χ3v) is 4.48. The molecular formula is C22H18N4O7. The highest BCUT2D eigenvalue weighted by Gasteiger charge is 2.24. The number of aliphatic hydroxyl groups excluding tert-OH is 1. The number of nitrogens with zero attached hydrogens (tertiary/aromatic N) is 3. The first kappa shape index (κ1) is 24.7. The SMILES string of the molecule is CCOC(=O)C(=O)Cc1ccc(C#N)cc1[N+](=O)[O-].N#Cc1ccc2c(c1)NC(=O)C(O)C2. The van der Waals surface area contributed by atoms with Gasteiger partial charge < -0.3 is 15.2 Å². The number of benzene rings is 2. The molecule has 0 radical (unpaired) electrons. The fraction of sp³-hybridized carbons (Fsp3) is 0.227. The van der Waals surface area contributed by atoms with Crippen molar-refractivity contribution in [2.75, 3.05) is 11.9 Å². The van der Waals surface area contributed by atoms with Crippen LogP contribution in [0.15, 0.2) is 36.4 Å². The van der Waals surface area contributed by atoms with Gasteiger partial charge in [-0.15, -0.1) is 0 Å². The number of fused-ring (bicyclic) bond motifs is 1. The number of nitriles is 2. The van der Waals surface area contributed by atoms with Crippen molar-refractivity contribution in [3.8, 4) is 12.1 Å². The largest absolute Gasteiger partial charge is 0.460 e. The Hall–Kier alpha value is -4.61. The zero-order valence-corrected chi connectivity index (χ0v) is 17.4. The lowest BCUT2D eigenvalue weighted by Gasteiger charge is -2.20. The summed E-state index contributed by atoms with van der Waals surface area (Å²) in [6.45, 7) is 1.61. The van der Waals surface area contributed by atoms with Crippen LogP contribution in [-0.2, 0) is 32.0 Å². The average Bonchev–Trinajstić information content (AvgIpc) is 2.80. The van der Waals surface area contributed by atoms with Gasteiger partial charge in [-0.25, -0.2) is 4.79 Å². The van der Waals surface area contributed by atoms with Crippen molar-refractivity contribution >= 4 is 29.0 Å². The summed E-state index contributed by atoms with van der Waals surface area (Å²) in [7, 11) is 0. The number of hydrogen-bond acceptors (Lipinski definition) is 9. The quantitative estimate of drug-likeness (QED) is 0.295. The molecule has 1 aliphatic heterocycles. The normalized spacial score (nSPS) is 13.7. The van der Waals surface area contributed by atoms with Crippen LogP contribution in [-0.4, -0.2) is 40.4 Å². The highest BCUT2D eigenvalue weighted by atomic mass is 16.6. The van der Waals surface area contributed by atoms with Crippen molar-refractivity contribution in [2.45, 2.75) is 25.9 Å². The number of esters is 1. The second kappa shape index (κ2) is 11.1. The summed E-state index contributed by atoms with van der Waals surface area (Å²) in [6.07, 6.45) is -1.09. The summed E-state index contributed by atoms with van der Waals surface area (Å²) in [5.41, 5.74) is 1.80. The number of ether oxygens (including phenoxy) is 1. The molecule has 1 aliphatic rings. The molecule has 0 saturated heterocycles. The van der Waals surface area contributed by atoms with E-state index in [0.717, 1.165) is 11.6 Å². The van der Waals surface area contributed by atoms with Crippen LogP contribution in [0.1, 0.15) is 29.2 Å². The van der Waals surface area contributed by atoms with Crippen LogP contribution in [0.25, 0.3) is 0 Å². The number of carbonyl (C=O) groups excluding carboxylic acids is 3. The molecule has 1 unspecified atom stereocenters. The average molecular weight is 450 g/mol. The Balaban J connectivity index is 0.000000243. The number of amides is 1. The van der Waals surface area contributed by atoms with E-state index in [1.54, 1.807) is 31.2 Å². The van der Waals surface area contributed by atoms with Crippen LogP contribution in [0.2, 0.25) is 0 Å². The molecule has 11 nitrogen and oxygen atoms in total. The Bertz CT molecular complexity index is 1190. The third kappa shape index (κ3) is 6.43. The van der Waals surface area contributed by atoms with Crippen molar-refractivity contribution in [3.63, 3.8) is 0 Å². The molecule has 0 aromatic heterocycles. The Morgan fingerprint density at radius 2 is 1.85 bits per heavy atom. The highest BCUT2D eigenvalue weighted by molar-refractivity contribution is 6.34. The van der Waals surface area contributed by atoms with Crippen LogP contribution in [0, 0.1) is 32.8 Å². The maximum atomic E-state index is 11.5. The predicted octanol–water partition coefficient (Wildman–Crippen LogP) is 1.55. The Kier molecular flexibility index (Phi) is 8.32. The van der Waals surface area contributed by atoms with Crippen LogP contribution in [0.5, 0.6) is 0 Å². The van der Waals surface area contributed by atoms with E-state index in [1.165, 1.54) is 12.1 Å². The third-order valence-electron chi connectivity index (χ3n) is 4.48. The van der Waals surface area contributed by atoms with E-state index < -0.39 is 35.1 Å². The second-order valence-corrected chi connectivity index (χ2v) is 6.73. The Morgan fingerprint density at radius 1 is 1.21 bits per heavy atom. The van der Waals surface area contributed by atoms with E-state index >= 15 is 0 Å². The fourth-order valence-corrected chi connectivity index (χ4v) is 2.87. The standard InChI is InChI=1S/C12H10N2O5.C10H8N2O2/c1-2-19-12(16)11(15)6-9-4-3-8(7-13)5-10(9)14(17)18;11-5-6-1-2-7-4-9(13)10(14)12-8(7)3-6/h3-5H,2,6H2,1H3;1-3,9,13H,4H2,(H,12,14). The molecule has 0 bridgehead atoms. The van der Waals surface area contributed by atoms with Gasteiger partial charge in [-0.05, 0) is 30.7 Å². The van der Waals surface area contributed by atoms with E-state index in [4.69, 9.17) is 10.5 Å². The molecule has 1 atom stereocenters. The number of carbonyl (C=O) groups is 3. The molecule has 11 heteroatoms. The van der Waals surface area contributed by atoms with E-state index in [2.05, 4.69) is 10.1 Å². The predicted molar refractivity (Wildman–Crippen MR) is 113 cm³/mol. The minimum Gasteiger partial charge on any atom is -0.460 e. The molecule has 0 aliphatic carbocycles. The molecule has 168 valence electrons. The van der Waals surface area contributed by atoms with Gasteiger partial charge in [0.1, 0.15) is 6.10 Å². The van der Waals surface area contributed by atoms with Gasteiger partial charge in [0.05, 0.1) is 34.8 Å². The first-order valence-electron chi connectivity index (χ1n) is 9.59. The number of aliphatic hydroxyl groups is 1. The number of rotatable bonds is 5. The number of hydrogen-bond donors (Lipinski definition) is 2. The van der Waals surface area contributed by atoms with Gasteiger partial charge in [0, 0.05) is 30.2 Å². The maximum absolute atomic E-state index is 11.5. The lowest BCUT2D eigenvalue weighted by molar-refractivity contribution is -0.385. The van der Waals surface area contributed by atoms with E-state index in [1.807, 2.05) is 6.07 Å². The lowest BCUT2D eigenvalue weighted by Crippen LogP contribution is -2.34. The summed E-state index contributed by atoms with van der Waals surface area (Å²) in [5, 5.41) is 40.0. The van der Waals surface area contributed by atoms with Gasteiger partial charge in [0.2, 0.25) is 5.78 Å². The van der Waals surface area contributed by atoms with Crippen molar-refractivity contribution in [2.24, 2.45) is 0 Å². The number of nitro groups is 1. The summed E-state index contributed by atoms with van der Waals surface area (Å²) in [6, 6.07) is 12.5. The van der Waals surface area contributed by atoms with Crippen LogP contribution >= 0.6 is 0 Å². The highest BCUT2D eigenvalue weighted by Crippen LogP contribution is 2.23. The monoisotopic (exact) mass is 450 g/mol. The van der Waals surface area contributed by atoms with Gasteiger partial charge in [-0.3, -0.25) is 19.7 Å². The van der Waals surface area contributed by atoms with Crippen LogP contribution in [0.3, 0.4) is 0 Å². The molecule has 0 spiro atoms. The number of anilines is 1. The van der Waals surface area contributed by atoms with Crippen molar-refractivity contribution in [1.82, 2.24) is 0 Å². The molecule has 33 heavy (non-hydrogen) atoms. The van der Waals surface area contributed by atoms with Crippen LogP contribution < -0.4 is 5.32 Å². The Morgan fingerprint density at radius 3 is 2.45 bits per heavy atom. The summed E-state index contributed by atoms with van der Waals surface area (Å²) < 4.78 is 4.51. The molecule has 3 rings (SSSR count). The lowest BCUT2D eigenvalue weighted by atomic mass is 9.99. The zero-order valence-electron chi connectivity index (χ0n) is 17.4. The molecular weight excluding hydrogens is 432 g/mol. The van der Waals surface area contributed by atoms with E-state index in [-0.39, 0.29) is 23.4 Å². The minimum atomic E-state index is -1.03. The van der Waals surface area contributed by atoms with Gasteiger partial charge in [0.25, 0.3) is 11.6 Å².